The smallest absolute Gasteiger partial charge is 0.0247 e. The summed E-state index contributed by atoms with van der Waals surface area (Å²) >= 11 is 0. The van der Waals surface area contributed by atoms with Crippen molar-refractivity contribution in [2.75, 3.05) is 0 Å². The van der Waals surface area contributed by atoms with Gasteiger partial charge in [0.1, 0.15) is 0 Å². The molecule has 0 heterocycles. The number of nitrogens with one attached hydrogen (secondary N) is 1. The summed E-state index contributed by atoms with van der Waals surface area (Å²) < 4.78 is 0. The first-order valence-corrected chi connectivity index (χ1v) is 5.67. The molecule has 0 bridgehead atoms. The Morgan fingerprint density at radius 2 is 2.07 bits per heavy atom. The second-order valence-corrected chi connectivity index (χ2v) is 4.54. The lowest BCUT2D eigenvalue weighted by Crippen LogP contribution is -2.42. The Morgan fingerprint density at radius 3 is 2.57 bits per heavy atom. The van der Waals surface area contributed by atoms with Crippen LogP contribution in [0.1, 0.15) is 45.4 Å². The predicted octanol–water partition coefficient (Wildman–Crippen LogP) is 2.06. The normalized spacial score (nSPS) is 29.5. The SMILES string of the molecule is C#CCCC(NN)C1CCC(C)CC1. The Hall–Kier alpha value is -0.520. The fraction of sp³-hybridized carbons (Fsp3) is 0.833. The Morgan fingerprint density at radius 1 is 1.43 bits per heavy atom. The van der Waals surface area contributed by atoms with Gasteiger partial charge < -0.3 is 0 Å². The fourth-order valence-electron chi connectivity index (χ4n) is 2.38. The molecule has 0 amide bonds. The van der Waals surface area contributed by atoms with Crippen molar-refractivity contribution in [3.63, 3.8) is 0 Å². The van der Waals surface area contributed by atoms with Crippen LogP contribution in [-0.4, -0.2) is 6.04 Å². The lowest BCUT2D eigenvalue weighted by molar-refractivity contribution is 0.224. The van der Waals surface area contributed by atoms with Crippen LogP contribution in [0.15, 0.2) is 0 Å². The van der Waals surface area contributed by atoms with Gasteiger partial charge in [-0.15, -0.1) is 12.3 Å². The van der Waals surface area contributed by atoms with Crippen LogP contribution in [0.4, 0.5) is 0 Å². The van der Waals surface area contributed by atoms with Gasteiger partial charge in [-0.05, 0) is 31.1 Å². The van der Waals surface area contributed by atoms with E-state index in [-0.39, 0.29) is 0 Å². The molecule has 0 aromatic heterocycles. The largest absolute Gasteiger partial charge is 0.271 e. The summed E-state index contributed by atoms with van der Waals surface area (Å²) in [6.45, 7) is 2.34. The molecule has 0 spiro atoms. The van der Waals surface area contributed by atoms with Gasteiger partial charge in [0.05, 0.1) is 0 Å². The molecule has 80 valence electrons. The molecule has 0 aromatic carbocycles. The molecule has 1 fully saturated rings. The lowest BCUT2D eigenvalue weighted by Gasteiger charge is -2.32. The first kappa shape index (κ1) is 11.6. The van der Waals surface area contributed by atoms with Gasteiger partial charge in [-0.1, -0.05) is 19.8 Å². The van der Waals surface area contributed by atoms with E-state index in [2.05, 4.69) is 18.3 Å². The topological polar surface area (TPSA) is 38.0 Å². The highest BCUT2D eigenvalue weighted by Gasteiger charge is 2.24. The van der Waals surface area contributed by atoms with Crippen LogP contribution >= 0.6 is 0 Å². The molecule has 3 N–H and O–H groups in total. The summed E-state index contributed by atoms with van der Waals surface area (Å²) in [5.74, 6) is 9.89. The van der Waals surface area contributed by atoms with Crippen molar-refractivity contribution in [3.8, 4) is 12.3 Å². The number of hydrazine groups is 1. The zero-order chi connectivity index (χ0) is 10.4. The summed E-state index contributed by atoms with van der Waals surface area (Å²) in [4.78, 5) is 0. The highest BCUT2D eigenvalue weighted by Crippen LogP contribution is 2.31. The molecule has 14 heavy (non-hydrogen) atoms. The maximum atomic E-state index is 5.56. The Balaban J connectivity index is 2.33. The highest BCUT2D eigenvalue weighted by atomic mass is 15.2. The second kappa shape index (κ2) is 6.06. The molecule has 1 rings (SSSR count). The third kappa shape index (κ3) is 3.32. The van der Waals surface area contributed by atoms with E-state index in [1.165, 1.54) is 25.7 Å². The van der Waals surface area contributed by atoms with E-state index in [1.807, 2.05) is 0 Å². The minimum absolute atomic E-state index is 0.429. The van der Waals surface area contributed by atoms with Crippen molar-refractivity contribution in [2.45, 2.75) is 51.5 Å². The number of rotatable bonds is 4. The average Bonchev–Trinajstić information content (AvgIpc) is 2.21. The van der Waals surface area contributed by atoms with Crippen molar-refractivity contribution in [3.05, 3.63) is 0 Å². The third-order valence-electron chi connectivity index (χ3n) is 3.44. The van der Waals surface area contributed by atoms with E-state index in [1.54, 1.807) is 0 Å². The average molecular weight is 194 g/mol. The van der Waals surface area contributed by atoms with E-state index in [0.717, 1.165) is 24.7 Å². The minimum atomic E-state index is 0.429. The molecule has 1 aliphatic carbocycles. The molecule has 1 atom stereocenters. The zero-order valence-corrected chi connectivity index (χ0v) is 9.13. The molecule has 2 heteroatoms. The monoisotopic (exact) mass is 194 g/mol. The molecule has 1 saturated carbocycles. The van der Waals surface area contributed by atoms with E-state index in [9.17, 15) is 0 Å². The summed E-state index contributed by atoms with van der Waals surface area (Å²) in [6, 6.07) is 0.429. The van der Waals surface area contributed by atoms with Crippen LogP contribution in [0.3, 0.4) is 0 Å². The maximum Gasteiger partial charge on any atom is 0.0247 e. The van der Waals surface area contributed by atoms with E-state index in [4.69, 9.17) is 12.3 Å². The van der Waals surface area contributed by atoms with Gasteiger partial charge in [-0.3, -0.25) is 11.3 Å². The van der Waals surface area contributed by atoms with Gasteiger partial charge in [0, 0.05) is 12.5 Å². The van der Waals surface area contributed by atoms with E-state index >= 15 is 0 Å². The van der Waals surface area contributed by atoms with Crippen LogP contribution in [-0.2, 0) is 0 Å². The minimum Gasteiger partial charge on any atom is -0.271 e. The molecular weight excluding hydrogens is 172 g/mol. The van der Waals surface area contributed by atoms with Crippen molar-refractivity contribution < 1.29 is 0 Å². The lowest BCUT2D eigenvalue weighted by atomic mass is 9.78. The van der Waals surface area contributed by atoms with Crippen molar-refractivity contribution in [2.24, 2.45) is 17.7 Å². The molecule has 0 saturated heterocycles. The molecule has 2 nitrogen and oxygen atoms in total. The molecule has 0 aliphatic heterocycles. The summed E-state index contributed by atoms with van der Waals surface area (Å²) in [6.07, 6.45) is 12.4. The van der Waals surface area contributed by atoms with E-state index < -0.39 is 0 Å². The fourth-order valence-corrected chi connectivity index (χ4v) is 2.38. The molecular formula is C12H22N2. The van der Waals surface area contributed by atoms with Crippen LogP contribution in [0.25, 0.3) is 0 Å². The summed E-state index contributed by atoms with van der Waals surface area (Å²) in [5, 5.41) is 0. The number of hydrogen-bond acceptors (Lipinski definition) is 2. The number of terminal acetylenes is 1. The third-order valence-corrected chi connectivity index (χ3v) is 3.44. The van der Waals surface area contributed by atoms with Gasteiger partial charge in [-0.25, -0.2) is 0 Å². The second-order valence-electron chi connectivity index (χ2n) is 4.54. The van der Waals surface area contributed by atoms with Crippen molar-refractivity contribution >= 4 is 0 Å². The first-order valence-electron chi connectivity index (χ1n) is 5.67. The van der Waals surface area contributed by atoms with Crippen LogP contribution in [0, 0.1) is 24.2 Å². The molecule has 1 unspecified atom stereocenters. The van der Waals surface area contributed by atoms with Gasteiger partial charge in [-0.2, -0.15) is 0 Å². The van der Waals surface area contributed by atoms with E-state index in [0.29, 0.717) is 6.04 Å². The van der Waals surface area contributed by atoms with Gasteiger partial charge in [0.15, 0.2) is 0 Å². The first-order chi connectivity index (χ1) is 6.77. The highest BCUT2D eigenvalue weighted by molar-refractivity contribution is 4.88. The standard InChI is InChI=1S/C12H22N2/c1-3-4-5-12(14-13)11-8-6-10(2)7-9-11/h1,10-12,14H,4-9,13H2,2H3. The molecule has 0 aromatic rings. The van der Waals surface area contributed by atoms with Crippen molar-refractivity contribution in [1.82, 2.24) is 5.43 Å². The number of nitrogens with two attached hydrogens (primary N) is 1. The maximum absolute atomic E-state index is 5.56. The molecule has 1 aliphatic rings. The summed E-state index contributed by atoms with van der Waals surface area (Å²) in [7, 11) is 0. The predicted molar refractivity (Wildman–Crippen MR) is 60.3 cm³/mol. The Kier molecular flexibility index (Phi) is 5.00. The van der Waals surface area contributed by atoms with Gasteiger partial charge >= 0.3 is 0 Å². The molecule has 0 radical (unpaired) electrons. The van der Waals surface area contributed by atoms with Crippen molar-refractivity contribution in [1.29, 1.82) is 0 Å². The Labute approximate surface area is 87.6 Å². The quantitative estimate of drug-likeness (QED) is 0.408. The van der Waals surface area contributed by atoms with Crippen LogP contribution in [0.5, 0.6) is 0 Å². The Bertz CT molecular complexity index is 187. The van der Waals surface area contributed by atoms with Gasteiger partial charge in [0.2, 0.25) is 0 Å². The summed E-state index contributed by atoms with van der Waals surface area (Å²) in [5.41, 5.74) is 2.93. The van der Waals surface area contributed by atoms with Crippen LogP contribution < -0.4 is 11.3 Å². The number of hydrogen-bond donors (Lipinski definition) is 2. The van der Waals surface area contributed by atoms with Crippen LogP contribution in [0.2, 0.25) is 0 Å². The van der Waals surface area contributed by atoms with Gasteiger partial charge in [0.25, 0.3) is 0 Å². The zero-order valence-electron chi connectivity index (χ0n) is 9.13.